The number of nitrogens with zero attached hydrogens (tertiary/aromatic N) is 2. The molecule has 0 N–H and O–H groups in total. The molecule has 12 heavy (non-hydrogen) atoms. The van der Waals surface area contributed by atoms with Crippen molar-refractivity contribution in [1.29, 1.82) is 0 Å². The number of pyridine rings is 1. The van der Waals surface area contributed by atoms with Gasteiger partial charge in [0.1, 0.15) is 5.82 Å². The molecule has 0 unspecified atom stereocenters. The van der Waals surface area contributed by atoms with Gasteiger partial charge in [0.25, 0.3) is 0 Å². The molecule has 2 heterocycles. The predicted octanol–water partition coefficient (Wildman–Crippen LogP) is 2.66. The first-order chi connectivity index (χ1) is 5.88. The lowest BCUT2D eigenvalue weighted by molar-refractivity contribution is 1.00. The fourth-order valence-corrected chi connectivity index (χ4v) is 1.82. The minimum absolute atomic E-state index is 0.828. The quantitative estimate of drug-likeness (QED) is 0.649. The van der Waals surface area contributed by atoms with E-state index in [1.165, 1.54) is 11.3 Å². The van der Waals surface area contributed by atoms with E-state index in [1.54, 1.807) is 6.20 Å². The fraction of sp³-hybridized carbons (Fsp3) is 0. The van der Waals surface area contributed by atoms with Crippen molar-refractivity contribution in [3.05, 3.63) is 39.9 Å². The van der Waals surface area contributed by atoms with Gasteiger partial charge in [-0.25, -0.2) is 4.98 Å². The van der Waals surface area contributed by atoms with Crippen molar-refractivity contribution >= 4 is 23.6 Å². The Bertz CT molecular complexity index is 416. The molecule has 4 heteroatoms. The zero-order valence-electron chi connectivity index (χ0n) is 6.18. The lowest BCUT2D eigenvalue weighted by Crippen LogP contribution is -1.92. The summed E-state index contributed by atoms with van der Waals surface area (Å²) in [4.78, 5) is 4.19. The van der Waals surface area contributed by atoms with E-state index in [1.807, 2.05) is 34.3 Å². The summed E-state index contributed by atoms with van der Waals surface area (Å²) in [5, 5.41) is 1.96. The number of aromatic nitrogens is 2. The number of hydrogen-bond donors (Lipinski definition) is 0. The van der Waals surface area contributed by atoms with E-state index in [0.29, 0.717) is 0 Å². The van der Waals surface area contributed by atoms with Gasteiger partial charge in [-0.2, -0.15) is 0 Å². The molecule has 2 aromatic rings. The van der Waals surface area contributed by atoms with Crippen LogP contribution < -0.4 is 0 Å². The molecule has 0 saturated heterocycles. The summed E-state index contributed by atoms with van der Waals surface area (Å²) >= 11 is 6.65. The maximum Gasteiger partial charge on any atom is 0.166 e. The zero-order valence-corrected chi connectivity index (χ0v) is 7.81. The molecule has 0 radical (unpaired) electrons. The number of rotatable bonds is 1. The second-order valence-electron chi connectivity index (χ2n) is 2.23. The van der Waals surface area contributed by atoms with Crippen molar-refractivity contribution < 1.29 is 0 Å². The molecule has 0 aliphatic heterocycles. The monoisotopic (exact) mass is 194 g/mol. The normalized spacial score (nSPS) is 10.0. The number of thiazole rings is 1. The van der Waals surface area contributed by atoms with E-state index in [4.69, 9.17) is 12.2 Å². The Labute approximate surface area is 79.1 Å². The molecule has 0 spiro atoms. The van der Waals surface area contributed by atoms with Gasteiger partial charge >= 0.3 is 0 Å². The van der Waals surface area contributed by atoms with Crippen molar-refractivity contribution in [2.24, 2.45) is 0 Å². The molecule has 0 fully saturated rings. The van der Waals surface area contributed by atoms with Gasteiger partial charge in [-0.3, -0.25) is 4.57 Å². The molecule has 0 aromatic carbocycles. The van der Waals surface area contributed by atoms with Gasteiger partial charge in [0.15, 0.2) is 3.95 Å². The third-order valence-electron chi connectivity index (χ3n) is 1.47. The first-order valence-electron chi connectivity index (χ1n) is 3.45. The average molecular weight is 194 g/mol. The highest BCUT2D eigenvalue weighted by Crippen LogP contribution is 2.09. The smallest absolute Gasteiger partial charge is 0.166 e. The molecule has 0 aliphatic rings. The Morgan fingerprint density at radius 2 is 2.33 bits per heavy atom. The predicted molar refractivity (Wildman–Crippen MR) is 52.3 cm³/mol. The van der Waals surface area contributed by atoms with E-state index >= 15 is 0 Å². The molecule has 0 saturated carbocycles. The molecule has 2 aromatic heterocycles. The average Bonchev–Trinajstić information content (AvgIpc) is 2.53. The highest BCUT2D eigenvalue weighted by molar-refractivity contribution is 7.73. The van der Waals surface area contributed by atoms with Crippen LogP contribution in [0.2, 0.25) is 0 Å². The van der Waals surface area contributed by atoms with Gasteiger partial charge in [-0.15, -0.1) is 11.3 Å². The van der Waals surface area contributed by atoms with Crippen LogP contribution in [0.4, 0.5) is 0 Å². The fourth-order valence-electron chi connectivity index (χ4n) is 0.933. The van der Waals surface area contributed by atoms with Crippen LogP contribution in [-0.4, -0.2) is 9.55 Å². The Hall–Kier alpha value is -1.00. The molecular formula is C8H6N2S2. The highest BCUT2D eigenvalue weighted by Gasteiger charge is 1.95. The minimum Gasteiger partial charge on any atom is -0.283 e. The maximum absolute atomic E-state index is 5.11. The van der Waals surface area contributed by atoms with E-state index in [0.717, 1.165) is 9.77 Å². The lowest BCUT2D eigenvalue weighted by atomic mass is 10.5. The Kier molecular flexibility index (Phi) is 2.01. The topological polar surface area (TPSA) is 17.8 Å². The molecule has 0 amide bonds. The summed E-state index contributed by atoms with van der Waals surface area (Å²) in [5.41, 5.74) is 0. The van der Waals surface area contributed by atoms with E-state index in [-0.39, 0.29) is 0 Å². The summed E-state index contributed by atoms with van der Waals surface area (Å²) < 4.78 is 2.72. The van der Waals surface area contributed by atoms with Crippen molar-refractivity contribution in [2.45, 2.75) is 0 Å². The third-order valence-corrected chi connectivity index (χ3v) is 2.61. The van der Waals surface area contributed by atoms with E-state index < -0.39 is 0 Å². The summed E-state index contributed by atoms with van der Waals surface area (Å²) in [6, 6.07) is 5.77. The first kappa shape index (κ1) is 7.64. The summed E-state index contributed by atoms with van der Waals surface area (Å²) in [5.74, 6) is 0.878. The maximum atomic E-state index is 5.11. The Balaban J connectivity index is 2.59. The Morgan fingerprint density at radius 3 is 2.92 bits per heavy atom. The van der Waals surface area contributed by atoms with Gasteiger partial charge in [-0.05, 0) is 24.4 Å². The van der Waals surface area contributed by atoms with E-state index in [2.05, 4.69) is 4.98 Å². The molecular weight excluding hydrogens is 188 g/mol. The molecule has 60 valence electrons. The second kappa shape index (κ2) is 3.16. The van der Waals surface area contributed by atoms with Crippen LogP contribution in [0.5, 0.6) is 0 Å². The van der Waals surface area contributed by atoms with Crippen LogP contribution >= 0.6 is 23.6 Å². The minimum atomic E-state index is 0.828. The van der Waals surface area contributed by atoms with Crippen LogP contribution in [0.15, 0.2) is 36.0 Å². The number of hydrogen-bond acceptors (Lipinski definition) is 3. The van der Waals surface area contributed by atoms with Gasteiger partial charge in [0.2, 0.25) is 0 Å². The molecule has 2 nitrogen and oxygen atoms in total. The van der Waals surface area contributed by atoms with Crippen molar-refractivity contribution in [3.8, 4) is 5.82 Å². The van der Waals surface area contributed by atoms with Gasteiger partial charge < -0.3 is 0 Å². The summed E-state index contributed by atoms with van der Waals surface area (Å²) in [7, 11) is 0. The van der Waals surface area contributed by atoms with Gasteiger partial charge in [0, 0.05) is 17.8 Å². The SMILES string of the molecule is S=c1sccn1-c1ccccn1. The third kappa shape index (κ3) is 1.31. The van der Waals surface area contributed by atoms with Crippen LogP contribution in [0.25, 0.3) is 5.82 Å². The van der Waals surface area contributed by atoms with Crippen LogP contribution in [0.3, 0.4) is 0 Å². The zero-order chi connectivity index (χ0) is 8.39. The first-order valence-corrected chi connectivity index (χ1v) is 4.74. The molecule has 0 bridgehead atoms. The molecule has 0 atom stereocenters. The van der Waals surface area contributed by atoms with Crippen molar-refractivity contribution in [2.75, 3.05) is 0 Å². The van der Waals surface area contributed by atoms with Crippen LogP contribution in [0, 0.1) is 3.95 Å². The Morgan fingerprint density at radius 1 is 1.42 bits per heavy atom. The highest BCUT2D eigenvalue weighted by atomic mass is 32.1. The summed E-state index contributed by atoms with van der Waals surface area (Å²) in [6.45, 7) is 0. The standard InChI is InChI=1S/C8H6N2S2/c11-8-10(5-6-12-8)7-3-1-2-4-9-7/h1-6H. The lowest BCUT2D eigenvalue weighted by Gasteiger charge is -1.98. The molecule has 0 aliphatic carbocycles. The largest absolute Gasteiger partial charge is 0.283 e. The van der Waals surface area contributed by atoms with Crippen LogP contribution in [0.1, 0.15) is 0 Å². The van der Waals surface area contributed by atoms with Gasteiger partial charge in [-0.1, -0.05) is 6.07 Å². The van der Waals surface area contributed by atoms with Crippen molar-refractivity contribution in [1.82, 2.24) is 9.55 Å². The van der Waals surface area contributed by atoms with Gasteiger partial charge in [0.05, 0.1) is 0 Å². The molecule has 2 rings (SSSR count). The van der Waals surface area contributed by atoms with Crippen molar-refractivity contribution in [3.63, 3.8) is 0 Å². The van der Waals surface area contributed by atoms with Crippen LogP contribution in [-0.2, 0) is 0 Å². The van der Waals surface area contributed by atoms with E-state index in [9.17, 15) is 0 Å². The second-order valence-corrected chi connectivity index (χ2v) is 3.77. The summed E-state index contributed by atoms with van der Waals surface area (Å²) in [6.07, 6.45) is 3.68.